The molecule has 28 heavy (non-hydrogen) atoms. The Kier molecular flexibility index (Phi) is 8.17. The van der Waals surface area contributed by atoms with Gasteiger partial charge in [-0.1, -0.05) is 42.5 Å². The highest BCUT2D eigenvalue weighted by Crippen LogP contribution is 2.24. The van der Waals surface area contributed by atoms with E-state index in [4.69, 9.17) is 16.2 Å². The quantitative estimate of drug-likeness (QED) is 0.694. The number of imide groups is 1. The maximum absolute atomic E-state index is 12.6. The Hall–Kier alpha value is -2.70. The van der Waals surface area contributed by atoms with E-state index in [9.17, 15) is 9.59 Å². The summed E-state index contributed by atoms with van der Waals surface area (Å²) in [6.45, 7) is 4.13. The van der Waals surface area contributed by atoms with Crippen molar-refractivity contribution >= 4 is 11.8 Å². The predicted molar refractivity (Wildman–Crippen MR) is 109 cm³/mol. The Morgan fingerprint density at radius 2 is 1.71 bits per heavy atom. The Bertz CT molecular complexity index is 762. The third kappa shape index (κ3) is 5.90. The van der Waals surface area contributed by atoms with Crippen molar-refractivity contribution in [1.82, 2.24) is 4.90 Å². The number of hydrogen-bond acceptors (Lipinski definition) is 5. The van der Waals surface area contributed by atoms with Gasteiger partial charge in [0.05, 0.1) is 12.1 Å². The van der Waals surface area contributed by atoms with Crippen LogP contribution in [0, 0.1) is 0 Å². The first kappa shape index (κ1) is 21.6. The summed E-state index contributed by atoms with van der Waals surface area (Å²) in [4.78, 5) is 26.0. The van der Waals surface area contributed by atoms with Crippen LogP contribution < -0.4 is 16.2 Å². The van der Waals surface area contributed by atoms with Crippen LogP contribution in [0.1, 0.15) is 43.9 Å². The molecule has 0 bridgehead atoms. The van der Waals surface area contributed by atoms with Crippen molar-refractivity contribution in [3.8, 4) is 5.75 Å². The molecule has 0 aliphatic rings. The van der Waals surface area contributed by atoms with Crippen LogP contribution in [0.2, 0.25) is 0 Å². The lowest BCUT2D eigenvalue weighted by Crippen LogP contribution is -2.47. The second kappa shape index (κ2) is 10.6. The Morgan fingerprint density at radius 1 is 1.07 bits per heavy atom. The van der Waals surface area contributed by atoms with Crippen molar-refractivity contribution in [2.45, 2.75) is 45.4 Å². The second-order valence-electron chi connectivity index (χ2n) is 6.78. The molecule has 0 aliphatic heterocycles. The summed E-state index contributed by atoms with van der Waals surface area (Å²) in [7, 11) is 0. The lowest BCUT2D eigenvalue weighted by Gasteiger charge is -2.29. The minimum Gasteiger partial charge on any atom is -0.489 e. The van der Waals surface area contributed by atoms with Crippen LogP contribution in [-0.2, 0) is 16.2 Å². The van der Waals surface area contributed by atoms with E-state index in [1.54, 1.807) is 0 Å². The largest absolute Gasteiger partial charge is 0.489 e. The van der Waals surface area contributed by atoms with Crippen LogP contribution in [-0.4, -0.2) is 29.3 Å². The molecule has 4 N–H and O–H groups in total. The lowest BCUT2D eigenvalue weighted by atomic mass is 10.0. The molecular formula is C22H29N3O3. The van der Waals surface area contributed by atoms with Crippen LogP contribution in [0.15, 0.2) is 54.6 Å². The van der Waals surface area contributed by atoms with Gasteiger partial charge in [-0.3, -0.25) is 14.5 Å². The molecule has 0 aromatic heterocycles. The summed E-state index contributed by atoms with van der Waals surface area (Å²) < 4.78 is 5.79. The summed E-state index contributed by atoms with van der Waals surface area (Å²) in [6.07, 6.45) is 1.10. The molecule has 2 aromatic carbocycles. The van der Waals surface area contributed by atoms with E-state index in [0.29, 0.717) is 26.0 Å². The van der Waals surface area contributed by atoms with Gasteiger partial charge in [-0.15, -0.1) is 0 Å². The highest BCUT2D eigenvalue weighted by molar-refractivity contribution is 5.97. The topological polar surface area (TPSA) is 98.7 Å². The van der Waals surface area contributed by atoms with Gasteiger partial charge in [0.15, 0.2) is 0 Å². The van der Waals surface area contributed by atoms with E-state index in [-0.39, 0.29) is 11.8 Å². The molecule has 6 nitrogen and oxygen atoms in total. The smallest absolute Gasteiger partial charge is 0.246 e. The maximum atomic E-state index is 12.6. The number of ether oxygens (including phenoxy) is 1. The molecule has 2 atom stereocenters. The van der Waals surface area contributed by atoms with Gasteiger partial charge in [0.2, 0.25) is 11.8 Å². The first-order chi connectivity index (χ1) is 13.4. The molecule has 0 spiro atoms. The number of nitrogens with zero attached hydrogens (tertiary/aromatic N) is 1. The Morgan fingerprint density at radius 3 is 2.29 bits per heavy atom. The summed E-state index contributed by atoms with van der Waals surface area (Å²) in [5.74, 6) is 0.0168. The van der Waals surface area contributed by atoms with Gasteiger partial charge in [-0.05, 0) is 49.6 Å². The first-order valence-corrected chi connectivity index (χ1v) is 9.50. The maximum Gasteiger partial charge on any atom is 0.246 e. The summed E-state index contributed by atoms with van der Waals surface area (Å²) >= 11 is 0. The molecule has 6 heteroatoms. The van der Waals surface area contributed by atoms with Gasteiger partial charge in [0.25, 0.3) is 0 Å². The zero-order valence-electron chi connectivity index (χ0n) is 16.5. The number of hydrogen-bond donors (Lipinski definition) is 2. The zero-order chi connectivity index (χ0) is 20.5. The van der Waals surface area contributed by atoms with E-state index in [1.165, 1.54) is 11.8 Å². The van der Waals surface area contributed by atoms with Crippen molar-refractivity contribution < 1.29 is 14.3 Å². The van der Waals surface area contributed by atoms with Crippen LogP contribution >= 0.6 is 0 Å². The normalized spacial score (nSPS) is 12.9. The fourth-order valence-corrected chi connectivity index (χ4v) is 2.99. The number of benzene rings is 2. The molecule has 2 aromatic rings. The van der Waals surface area contributed by atoms with Crippen molar-refractivity contribution in [3.63, 3.8) is 0 Å². The van der Waals surface area contributed by atoms with Crippen LogP contribution in [0.5, 0.6) is 5.75 Å². The molecule has 150 valence electrons. The molecule has 2 unspecified atom stereocenters. The molecular weight excluding hydrogens is 354 g/mol. The molecule has 0 heterocycles. The monoisotopic (exact) mass is 383 g/mol. The minimum atomic E-state index is -0.733. The highest BCUT2D eigenvalue weighted by Gasteiger charge is 2.29. The van der Waals surface area contributed by atoms with E-state index in [0.717, 1.165) is 16.9 Å². The molecule has 2 rings (SSSR count). The molecule has 0 radical (unpaired) electrons. The zero-order valence-corrected chi connectivity index (χ0v) is 16.5. The van der Waals surface area contributed by atoms with Gasteiger partial charge in [-0.25, -0.2) is 0 Å². The lowest BCUT2D eigenvalue weighted by molar-refractivity contribution is -0.147. The van der Waals surface area contributed by atoms with Crippen molar-refractivity contribution in [2.24, 2.45) is 11.5 Å². The van der Waals surface area contributed by atoms with E-state index >= 15 is 0 Å². The molecule has 2 amide bonds. The molecule has 0 fully saturated rings. The van der Waals surface area contributed by atoms with Gasteiger partial charge in [0.1, 0.15) is 12.4 Å². The predicted octanol–water partition coefficient (Wildman–Crippen LogP) is 2.77. The van der Waals surface area contributed by atoms with E-state index in [2.05, 4.69) is 0 Å². The van der Waals surface area contributed by atoms with E-state index in [1.807, 2.05) is 61.5 Å². The van der Waals surface area contributed by atoms with E-state index < -0.39 is 12.1 Å². The number of rotatable bonds is 9. The van der Waals surface area contributed by atoms with Gasteiger partial charge < -0.3 is 16.2 Å². The molecule has 0 aliphatic carbocycles. The highest BCUT2D eigenvalue weighted by atomic mass is 16.5. The Balaban J connectivity index is 2.05. The third-order valence-corrected chi connectivity index (χ3v) is 4.61. The van der Waals surface area contributed by atoms with Crippen LogP contribution in [0.3, 0.4) is 0 Å². The number of carbonyl (C=O) groups is 2. The van der Waals surface area contributed by atoms with Crippen LogP contribution in [0.25, 0.3) is 0 Å². The third-order valence-electron chi connectivity index (χ3n) is 4.61. The minimum absolute atomic E-state index is 0.329. The summed E-state index contributed by atoms with van der Waals surface area (Å²) in [5.41, 5.74) is 13.4. The standard InChI is InChI=1S/C22H29N3O3/c1-16(25(17(2)26)22(27)21(24)9-6-14-23)19-10-12-20(13-11-19)28-15-18-7-4-3-5-8-18/h3-5,7-8,10-13,16,21H,6,9,14-15,23-24H2,1-2H3. The first-order valence-electron chi connectivity index (χ1n) is 9.50. The fourth-order valence-electron chi connectivity index (χ4n) is 2.99. The summed E-state index contributed by atoms with van der Waals surface area (Å²) in [5, 5.41) is 0. The average molecular weight is 383 g/mol. The van der Waals surface area contributed by atoms with Crippen molar-refractivity contribution in [1.29, 1.82) is 0 Å². The second-order valence-corrected chi connectivity index (χ2v) is 6.78. The van der Waals surface area contributed by atoms with Gasteiger partial charge in [0, 0.05) is 6.92 Å². The molecule has 0 saturated carbocycles. The van der Waals surface area contributed by atoms with Crippen LogP contribution in [0.4, 0.5) is 0 Å². The number of carbonyl (C=O) groups excluding carboxylic acids is 2. The van der Waals surface area contributed by atoms with Gasteiger partial charge in [-0.2, -0.15) is 0 Å². The fraction of sp³-hybridized carbons (Fsp3) is 0.364. The van der Waals surface area contributed by atoms with Gasteiger partial charge >= 0.3 is 0 Å². The van der Waals surface area contributed by atoms with Crippen molar-refractivity contribution in [2.75, 3.05) is 6.54 Å². The number of amides is 2. The summed E-state index contributed by atoms with van der Waals surface area (Å²) in [6, 6.07) is 16.1. The average Bonchev–Trinajstić information content (AvgIpc) is 2.71. The van der Waals surface area contributed by atoms with Crippen molar-refractivity contribution in [3.05, 3.63) is 65.7 Å². The SMILES string of the molecule is CC(=O)N(C(=O)C(N)CCCN)C(C)c1ccc(OCc2ccccc2)cc1. The molecule has 0 saturated heterocycles. The number of nitrogens with two attached hydrogens (primary N) is 2. The Labute approximate surface area is 166 Å².